The van der Waals surface area contributed by atoms with E-state index in [2.05, 4.69) is 20.4 Å². The fourth-order valence-corrected chi connectivity index (χ4v) is 2.37. The number of nitrogens with one attached hydrogen (secondary N) is 1. The van der Waals surface area contributed by atoms with Crippen molar-refractivity contribution in [3.05, 3.63) is 54.3 Å². The van der Waals surface area contributed by atoms with E-state index in [1.807, 2.05) is 30.3 Å². The quantitative estimate of drug-likeness (QED) is 0.574. The van der Waals surface area contributed by atoms with Crippen LogP contribution in [0, 0.1) is 5.82 Å². The maximum atomic E-state index is 14.0. The van der Waals surface area contributed by atoms with Crippen molar-refractivity contribution in [3.63, 3.8) is 0 Å². The molecule has 0 atom stereocenters. The Bertz CT molecular complexity index is 915. The molecule has 20 heavy (non-hydrogen) atoms. The molecule has 0 fully saturated rings. The van der Waals surface area contributed by atoms with Gasteiger partial charge in [0, 0.05) is 10.9 Å². The van der Waals surface area contributed by atoms with Crippen molar-refractivity contribution < 1.29 is 4.39 Å². The first kappa shape index (κ1) is 11.0. The van der Waals surface area contributed by atoms with Gasteiger partial charge in [-0.15, -0.1) is 0 Å². The van der Waals surface area contributed by atoms with Crippen molar-refractivity contribution in [1.29, 1.82) is 0 Å². The van der Waals surface area contributed by atoms with E-state index in [-0.39, 0.29) is 5.82 Å². The Kier molecular flexibility index (Phi) is 2.26. The van der Waals surface area contributed by atoms with Crippen LogP contribution >= 0.6 is 0 Å². The predicted molar refractivity (Wildman–Crippen MR) is 74.6 cm³/mol. The van der Waals surface area contributed by atoms with Gasteiger partial charge in [0.25, 0.3) is 0 Å². The Balaban J connectivity index is 2.19. The molecule has 4 rings (SSSR count). The Morgan fingerprint density at radius 3 is 2.45 bits per heavy atom. The van der Waals surface area contributed by atoms with E-state index < -0.39 is 0 Å². The first-order chi connectivity index (χ1) is 9.84. The fourth-order valence-electron chi connectivity index (χ4n) is 2.37. The van der Waals surface area contributed by atoms with Crippen LogP contribution in [0.1, 0.15) is 0 Å². The highest BCUT2D eigenvalue weighted by molar-refractivity contribution is 6.06. The first-order valence-electron chi connectivity index (χ1n) is 6.19. The Morgan fingerprint density at radius 1 is 0.800 bits per heavy atom. The molecule has 4 aromatic rings. The standard InChI is InChI=1S/C15H9FN4/c16-11-8-4-7-10-13(11)17-12(9-5-2-1-3-6-9)15-14(10)18-20-19-15/h1-8H,(H,18,19,20). The summed E-state index contributed by atoms with van der Waals surface area (Å²) in [6.45, 7) is 0. The Morgan fingerprint density at radius 2 is 1.60 bits per heavy atom. The molecule has 0 saturated carbocycles. The largest absolute Gasteiger partial charge is 0.242 e. The molecule has 96 valence electrons. The van der Waals surface area contributed by atoms with Crippen LogP contribution in [0.15, 0.2) is 48.5 Å². The maximum absolute atomic E-state index is 14.0. The van der Waals surface area contributed by atoms with E-state index >= 15 is 0 Å². The van der Waals surface area contributed by atoms with Crippen LogP contribution < -0.4 is 0 Å². The van der Waals surface area contributed by atoms with Crippen LogP contribution in [0.3, 0.4) is 0 Å². The number of rotatable bonds is 1. The number of aromatic nitrogens is 4. The molecular formula is C15H9FN4. The second-order valence-electron chi connectivity index (χ2n) is 4.48. The molecule has 0 aliphatic carbocycles. The average Bonchev–Trinajstić information content (AvgIpc) is 2.97. The number of hydrogen-bond donors (Lipinski definition) is 1. The highest BCUT2D eigenvalue weighted by atomic mass is 19.1. The highest BCUT2D eigenvalue weighted by Crippen LogP contribution is 2.30. The molecule has 0 spiro atoms. The number of benzene rings is 2. The average molecular weight is 264 g/mol. The Hall–Kier alpha value is -2.82. The summed E-state index contributed by atoms with van der Waals surface area (Å²) in [5.74, 6) is -0.357. The lowest BCUT2D eigenvalue weighted by Gasteiger charge is -2.05. The second-order valence-corrected chi connectivity index (χ2v) is 4.48. The summed E-state index contributed by atoms with van der Waals surface area (Å²) in [5, 5.41) is 11.5. The zero-order valence-electron chi connectivity index (χ0n) is 10.3. The third-order valence-electron chi connectivity index (χ3n) is 3.28. The molecule has 2 heterocycles. The van der Waals surface area contributed by atoms with E-state index in [1.54, 1.807) is 12.1 Å². The van der Waals surface area contributed by atoms with Gasteiger partial charge >= 0.3 is 0 Å². The van der Waals surface area contributed by atoms with Crippen LogP contribution in [-0.2, 0) is 0 Å². The monoisotopic (exact) mass is 264 g/mol. The van der Waals surface area contributed by atoms with Crippen LogP contribution in [-0.4, -0.2) is 20.4 Å². The van der Waals surface area contributed by atoms with Gasteiger partial charge in [-0.1, -0.05) is 42.5 Å². The Labute approximate surface area is 113 Å². The van der Waals surface area contributed by atoms with Gasteiger partial charge in [0.05, 0.1) is 0 Å². The van der Waals surface area contributed by atoms with E-state index in [4.69, 9.17) is 0 Å². The molecule has 2 aromatic carbocycles. The molecule has 1 N–H and O–H groups in total. The summed E-state index contributed by atoms with van der Waals surface area (Å²) in [5.41, 5.74) is 3.11. The molecular weight excluding hydrogens is 255 g/mol. The van der Waals surface area contributed by atoms with Gasteiger partial charge < -0.3 is 0 Å². The molecule has 0 unspecified atom stereocenters. The zero-order valence-corrected chi connectivity index (χ0v) is 10.3. The molecule has 0 saturated heterocycles. The lowest BCUT2D eigenvalue weighted by Crippen LogP contribution is -1.91. The number of nitrogens with zero attached hydrogens (tertiary/aromatic N) is 3. The van der Waals surface area contributed by atoms with Gasteiger partial charge in [-0.05, 0) is 6.07 Å². The first-order valence-corrected chi connectivity index (χ1v) is 6.19. The summed E-state index contributed by atoms with van der Waals surface area (Å²) in [4.78, 5) is 4.45. The smallest absolute Gasteiger partial charge is 0.149 e. The summed E-state index contributed by atoms with van der Waals surface area (Å²) in [6, 6.07) is 14.4. The summed E-state index contributed by atoms with van der Waals surface area (Å²) < 4.78 is 14.0. The number of fused-ring (bicyclic) bond motifs is 3. The van der Waals surface area contributed by atoms with E-state index in [1.165, 1.54) is 6.07 Å². The van der Waals surface area contributed by atoms with E-state index in [0.29, 0.717) is 27.6 Å². The third-order valence-corrected chi connectivity index (χ3v) is 3.28. The number of aromatic amines is 1. The molecule has 0 radical (unpaired) electrons. The van der Waals surface area contributed by atoms with Crippen LogP contribution in [0.25, 0.3) is 33.2 Å². The lowest BCUT2D eigenvalue weighted by atomic mass is 10.1. The minimum Gasteiger partial charge on any atom is -0.242 e. The molecule has 0 bridgehead atoms. The fraction of sp³-hybridized carbons (Fsp3) is 0. The third kappa shape index (κ3) is 1.50. The van der Waals surface area contributed by atoms with Gasteiger partial charge in [-0.25, -0.2) is 9.37 Å². The molecule has 5 heteroatoms. The molecule has 0 aliphatic rings. The number of para-hydroxylation sites is 1. The van der Waals surface area contributed by atoms with Crippen LogP contribution in [0.2, 0.25) is 0 Å². The van der Waals surface area contributed by atoms with Gasteiger partial charge in [0.2, 0.25) is 0 Å². The van der Waals surface area contributed by atoms with Gasteiger partial charge in [0.15, 0.2) is 0 Å². The minimum atomic E-state index is -0.357. The van der Waals surface area contributed by atoms with E-state index in [0.717, 1.165) is 5.56 Å². The topological polar surface area (TPSA) is 54.5 Å². The number of halogens is 1. The van der Waals surface area contributed by atoms with Crippen molar-refractivity contribution in [2.75, 3.05) is 0 Å². The number of hydrogen-bond acceptors (Lipinski definition) is 3. The summed E-state index contributed by atoms with van der Waals surface area (Å²) in [7, 11) is 0. The van der Waals surface area contributed by atoms with Crippen molar-refractivity contribution in [2.45, 2.75) is 0 Å². The van der Waals surface area contributed by atoms with Gasteiger partial charge in [-0.3, -0.25) is 0 Å². The number of H-pyrrole nitrogens is 1. The molecule has 4 nitrogen and oxygen atoms in total. The SMILES string of the molecule is Fc1cccc2c1nc(-c1ccccc1)c1n[nH]nc12. The van der Waals surface area contributed by atoms with Gasteiger partial charge in [-0.2, -0.15) is 15.4 Å². The minimum absolute atomic E-state index is 0.313. The zero-order chi connectivity index (χ0) is 13.5. The van der Waals surface area contributed by atoms with Crippen LogP contribution in [0.4, 0.5) is 4.39 Å². The van der Waals surface area contributed by atoms with Crippen molar-refractivity contribution in [2.24, 2.45) is 0 Å². The summed E-state index contributed by atoms with van der Waals surface area (Å²) >= 11 is 0. The predicted octanol–water partition coefficient (Wildman–Crippen LogP) is 3.31. The normalized spacial score (nSPS) is 11.2. The molecule has 2 aromatic heterocycles. The maximum Gasteiger partial charge on any atom is 0.149 e. The van der Waals surface area contributed by atoms with Crippen molar-refractivity contribution >= 4 is 21.9 Å². The molecule has 0 aliphatic heterocycles. The van der Waals surface area contributed by atoms with Crippen molar-refractivity contribution in [1.82, 2.24) is 20.4 Å². The second kappa shape index (κ2) is 4.09. The highest BCUT2D eigenvalue weighted by Gasteiger charge is 2.15. The lowest BCUT2D eigenvalue weighted by molar-refractivity contribution is 0.637. The molecule has 0 amide bonds. The van der Waals surface area contributed by atoms with Crippen LogP contribution in [0.5, 0.6) is 0 Å². The van der Waals surface area contributed by atoms with Crippen molar-refractivity contribution in [3.8, 4) is 11.3 Å². The van der Waals surface area contributed by atoms with E-state index in [9.17, 15) is 4.39 Å². The van der Waals surface area contributed by atoms with Gasteiger partial charge in [0.1, 0.15) is 28.1 Å². The number of pyridine rings is 1. The summed E-state index contributed by atoms with van der Waals surface area (Å²) in [6.07, 6.45) is 0.